The SMILES string of the molecule is CCSC1CCCC1NS(=O)(=O)c1c(Br)cc(N)cc1Br. The molecule has 1 aliphatic rings. The van der Waals surface area contributed by atoms with Crippen LogP contribution in [-0.4, -0.2) is 25.5 Å². The maximum absolute atomic E-state index is 12.7. The molecule has 0 bridgehead atoms. The molecule has 21 heavy (non-hydrogen) atoms. The van der Waals surface area contributed by atoms with Crippen LogP contribution in [0, 0.1) is 0 Å². The van der Waals surface area contributed by atoms with Crippen molar-refractivity contribution in [2.24, 2.45) is 0 Å². The van der Waals surface area contributed by atoms with Gasteiger partial charge in [0.1, 0.15) is 4.90 Å². The highest BCUT2D eigenvalue weighted by Crippen LogP contribution is 2.35. The number of hydrogen-bond acceptors (Lipinski definition) is 4. The lowest BCUT2D eigenvalue weighted by Gasteiger charge is -2.21. The van der Waals surface area contributed by atoms with Crippen molar-refractivity contribution < 1.29 is 8.42 Å². The molecule has 2 rings (SSSR count). The normalized spacial score (nSPS) is 22.6. The number of anilines is 1. The third-order valence-electron chi connectivity index (χ3n) is 3.43. The number of halogens is 2. The standard InChI is InChI=1S/C13H18Br2N2O2S2/c1-2-20-12-5-3-4-11(12)17-21(18,19)13-9(14)6-8(16)7-10(13)15/h6-7,11-12,17H,2-5,16H2,1H3. The molecule has 0 heterocycles. The second-order valence-corrected chi connectivity index (χ2v) is 9.84. The second kappa shape index (κ2) is 7.21. The molecule has 1 aliphatic carbocycles. The van der Waals surface area contributed by atoms with E-state index in [1.807, 2.05) is 11.8 Å². The van der Waals surface area contributed by atoms with E-state index in [0.29, 0.717) is 19.9 Å². The van der Waals surface area contributed by atoms with E-state index in [0.717, 1.165) is 25.0 Å². The highest BCUT2D eigenvalue weighted by atomic mass is 79.9. The lowest BCUT2D eigenvalue weighted by Crippen LogP contribution is -2.39. The number of nitrogen functional groups attached to an aromatic ring is 1. The molecule has 0 aromatic heterocycles. The average molecular weight is 458 g/mol. The van der Waals surface area contributed by atoms with E-state index in [9.17, 15) is 8.42 Å². The van der Waals surface area contributed by atoms with E-state index < -0.39 is 10.0 Å². The Bertz CT molecular complexity index is 600. The molecule has 0 saturated heterocycles. The molecular weight excluding hydrogens is 440 g/mol. The van der Waals surface area contributed by atoms with Crippen molar-refractivity contribution >= 4 is 59.3 Å². The first kappa shape index (κ1) is 17.6. The summed E-state index contributed by atoms with van der Waals surface area (Å²) in [7, 11) is -3.59. The number of thioether (sulfide) groups is 1. The van der Waals surface area contributed by atoms with Gasteiger partial charge in [-0.15, -0.1) is 0 Å². The summed E-state index contributed by atoms with van der Waals surface area (Å²) in [5.41, 5.74) is 6.23. The molecule has 1 saturated carbocycles. The van der Waals surface area contributed by atoms with E-state index in [1.165, 1.54) is 0 Å². The molecule has 8 heteroatoms. The van der Waals surface area contributed by atoms with Crippen LogP contribution in [0.25, 0.3) is 0 Å². The topological polar surface area (TPSA) is 72.2 Å². The van der Waals surface area contributed by atoms with Gasteiger partial charge in [-0.1, -0.05) is 13.3 Å². The van der Waals surface area contributed by atoms with Gasteiger partial charge in [0, 0.05) is 25.9 Å². The highest BCUT2D eigenvalue weighted by molar-refractivity contribution is 9.11. The molecule has 118 valence electrons. The Morgan fingerprint density at radius 3 is 2.52 bits per heavy atom. The summed E-state index contributed by atoms with van der Waals surface area (Å²) in [6, 6.07) is 3.20. The van der Waals surface area contributed by atoms with Gasteiger partial charge in [-0.3, -0.25) is 0 Å². The van der Waals surface area contributed by atoms with Crippen LogP contribution in [0.4, 0.5) is 5.69 Å². The zero-order chi connectivity index (χ0) is 15.6. The highest BCUT2D eigenvalue weighted by Gasteiger charge is 2.32. The lowest BCUT2D eigenvalue weighted by molar-refractivity contribution is 0.554. The third kappa shape index (κ3) is 4.16. The van der Waals surface area contributed by atoms with Crippen molar-refractivity contribution in [3.63, 3.8) is 0 Å². The van der Waals surface area contributed by atoms with Gasteiger partial charge in [0.15, 0.2) is 0 Å². The summed E-state index contributed by atoms with van der Waals surface area (Å²) in [6.45, 7) is 2.10. The van der Waals surface area contributed by atoms with Gasteiger partial charge in [0.05, 0.1) is 0 Å². The number of sulfonamides is 1. The minimum atomic E-state index is -3.59. The Balaban J connectivity index is 2.27. The van der Waals surface area contributed by atoms with Crippen LogP contribution in [-0.2, 0) is 10.0 Å². The van der Waals surface area contributed by atoms with Gasteiger partial charge < -0.3 is 5.73 Å². The van der Waals surface area contributed by atoms with E-state index in [4.69, 9.17) is 5.73 Å². The summed E-state index contributed by atoms with van der Waals surface area (Å²) < 4.78 is 29.1. The third-order valence-corrected chi connectivity index (χ3v) is 8.12. The van der Waals surface area contributed by atoms with Gasteiger partial charge in [0.25, 0.3) is 0 Å². The Kier molecular flexibility index (Phi) is 6.04. The van der Waals surface area contributed by atoms with Crippen molar-refractivity contribution in [3.05, 3.63) is 21.1 Å². The number of nitrogens with two attached hydrogens (primary N) is 1. The van der Waals surface area contributed by atoms with Crippen molar-refractivity contribution in [1.82, 2.24) is 4.72 Å². The monoisotopic (exact) mass is 456 g/mol. The molecule has 4 nitrogen and oxygen atoms in total. The molecule has 2 atom stereocenters. The summed E-state index contributed by atoms with van der Waals surface area (Å²) in [5.74, 6) is 0.998. The molecular formula is C13H18Br2N2O2S2. The second-order valence-electron chi connectivity index (χ2n) is 4.97. The van der Waals surface area contributed by atoms with Crippen molar-refractivity contribution in [3.8, 4) is 0 Å². The Labute approximate surface area is 146 Å². The lowest BCUT2D eigenvalue weighted by atomic mass is 10.3. The first-order valence-corrected chi connectivity index (χ1v) is 10.9. The molecule has 0 amide bonds. The summed E-state index contributed by atoms with van der Waals surface area (Å²) in [6.07, 6.45) is 3.02. The van der Waals surface area contributed by atoms with Crippen LogP contribution >= 0.6 is 43.6 Å². The Morgan fingerprint density at radius 1 is 1.33 bits per heavy atom. The van der Waals surface area contributed by atoms with Gasteiger partial charge in [-0.25, -0.2) is 13.1 Å². The van der Waals surface area contributed by atoms with Crippen molar-refractivity contribution in [2.75, 3.05) is 11.5 Å². The molecule has 0 aliphatic heterocycles. The zero-order valence-electron chi connectivity index (χ0n) is 11.6. The summed E-state index contributed by atoms with van der Waals surface area (Å²) in [4.78, 5) is 0.212. The number of rotatable bonds is 5. The predicted molar refractivity (Wildman–Crippen MR) is 96.1 cm³/mol. The number of benzene rings is 1. The number of nitrogens with one attached hydrogen (secondary N) is 1. The number of hydrogen-bond donors (Lipinski definition) is 2. The molecule has 0 radical (unpaired) electrons. The summed E-state index contributed by atoms with van der Waals surface area (Å²) >= 11 is 8.41. The predicted octanol–water partition coefficient (Wildman–Crippen LogP) is 3.75. The van der Waals surface area contributed by atoms with Gasteiger partial charge in [-0.2, -0.15) is 11.8 Å². The quantitative estimate of drug-likeness (QED) is 0.660. The molecule has 2 unspecified atom stereocenters. The van der Waals surface area contributed by atoms with Crippen molar-refractivity contribution in [2.45, 2.75) is 42.4 Å². The van der Waals surface area contributed by atoms with E-state index in [2.05, 4.69) is 43.5 Å². The van der Waals surface area contributed by atoms with Crippen LogP contribution in [0.2, 0.25) is 0 Å². The summed E-state index contributed by atoms with van der Waals surface area (Å²) in [5, 5.41) is 0.358. The van der Waals surface area contributed by atoms with Crippen LogP contribution in [0.5, 0.6) is 0 Å². The Hall–Kier alpha value is 0.240. The Morgan fingerprint density at radius 2 is 1.95 bits per heavy atom. The smallest absolute Gasteiger partial charge is 0.243 e. The van der Waals surface area contributed by atoms with Crippen LogP contribution in [0.3, 0.4) is 0 Å². The minimum Gasteiger partial charge on any atom is -0.399 e. The van der Waals surface area contributed by atoms with E-state index in [1.54, 1.807) is 12.1 Å². The van der Waals surface area contributed by atoms with Crippen LogP contribution in [0.1, 0.15) is 26.2 Å². The minimum absolute atomic E-state index is 0.00342. The fourth-order valence-electron chi connectivity index (χ4n) is 2.57. The van der Waals surface area contributed by atoms with E-state index >= 15 is 0 Å². The molecule has 0 spiro atoms. The van der Waals surface area contributed by atoms with Crippen LogP contribution < -0.4 is 10.5 Å². The molecule has 3 N–H and O–H groups in total. The molecule has 1 aromatic rings. The van der Waals surface area contributed by atoms with Gasteiger partial charge in [0.2, 0.25) is 10.0 Å². The first-order valence-electron chi connectivity index (χ1n) is 6.73. The fourth-order valence-corrected chi connectivity index (χ4v) is 7.78. The van der Waals surface area contributed by atoms with E-state index in [-0.39, 0.29) is 10.9 Å². The van der Waals surface area contributed by atoms with Gasteiger partial charge >= 0.3 is 0 Å². The maximum atomic E-state index is 12.7. The largest absolute Gasteiger partial charge is 0.399 e. The molecule has 1 fully saturated rings. The fraction of sp³-hybridized carbons (Fsp3) is 0.538. The maximum Gasteiger partial charge on any atom is 0.243 e. The molecule has 1 aromatic carbocycles. The van der Waals surface area contributed by atoms with Crippen LogP contribution in [0.15, 0.2) is 26.0 Å². The van der Waals surface area contributed by atoms with Crippen molar-refractivity contribution in [1.29, 1.82) is 0 Å². The zero-order valence-corrected chi connectivity index (χ0v) is 16.4. The first-order chi connectivity index (χ1) is 9.85. The average Bonchev–Trinajstić information content (AvgIpc) is 2.74. The van der Waals surface area contributed by atoms with Gasteiger partial charge in [-0.05, 0) is 62.6 Å².